The SMILES string of the molecule is COCC(=O)N1CCCC(c2cncc(Oc3cccnc3)n2)C1. The molecule has 1 aliphatic rings. The van der Waals surface area contributed by atoms with Gasteiger partial charge in [0.1, 0.15) is 12.4 Å². The molecule has 7 heteroatoms. The minimum Gasteiger partial charge on any atom is -0.436 e. The topological polar surface area (TPSA) is 77.4 Å². The van der Waals surface area contributed by atoms with Crippen molar-refractivity contribution >= 4 is 5.91 Å². The first kappa shape index (κ1) is 16.3. The molecule has 0 aliphatic carbocycles. The van der Waals surface area contributed by atoms with Crippen molar-refractivity contribution in [3.63, 3.8) is 0 Å². The summed E-state index contributed by atoms with van der Waals surface area (Å²) in [5.41, 5.74) is 0.839. The zero-order valence-corrected chi connectivity index (χ0v) is 13.6. The molecule has 1 unspecified atom stereocenters. The molecule has 2 aromatic rings. The zero-order chi connectivity index (χ0) is 16.8. The number of amides is 1. The predicted molar refractivity (Wildman–Crippen MR) is 86.8 cm³/mol. The van der Waals surface area contributed by atoms with Gasteiger partial charge in [0.25, 0.3) is 0 Å². The molecule has 1 fully saturated rings. The Bertz CT molecular complexity index is 681. The first-order valence-electron chi connectivity index (χ1n) is 7.93. The Morgan fingerprint density at radius 1 is 1.33 bits per heavy atom. The van der Waals surface area contributed by atoms with Crippen molar-refractivity contribution in [3.05, 3.63) is 42.6 Å². The average Bonchev–Trinajstić information content (AvgIpc) is 2.63. The third-order valence-corrected chi connectivity index (χ3v) is 3.95. The van der Waals surface area contributed by atoms with E-state index in [0.29, 0.717) is 18.2 Å². The van der Waals surface area contributed by atoms with Gasteiger partial charge < -0.3 is 14.4 Å². The van der Waals surface area contributed by atoms with Gasteiger partial charge in [-0.15, -0.1) is 0 Å². The minimum atomic E-state index is 0.0120. The van der Waals surface area contributed by atoms with Crippen LogP contribution in [0.2, 0.25) is 0 Å². The first-order valence-corrected chi connectivity index (χ1v) is 7.93. The van der Waals surface area contributed by atoms with Crippen LogP contribution in [0.4, 0.5) is 0 Å². The number of ether oxygens (including phenoxy) is 2. The fraction of sp³-hybridized carbons (Fsp3) is 0.412. The molecule has 24 heavy (non-hydrogen) atoms. The molecule has 2 aromatic heterocycles. The lowest BCUT2D eigenvalue weighted by molar-refractivity contribution is -0.136. The second-order valence-electron chi connectivity index (χ2n) is 5.68. The predicted octanol–water partition coefficient (Wildman–Crippen LogP) is 2.02. The summed E-state index contributed by atoms with van der Waals surface area (Å²) in [5.74, 6) is 1.22. The summed E-state index contributed by atoms with van der Waals surface area (Å²) in [5, 5.41) is 0. The second-order valence-corrected chi connectivity index (χ2v) is 5.68. The van der Waals surface area contributed by atoms with E-state index in [9.17, 15) is 4.79 Å². The van der Waals surface area contributed by atoms with Gasteiger partial charge in [-0.05, 0) is 25.0 Å². The summed E-state index contributed by atoms with van der Waals surface area (Å²) in [4.78, 5) is 26.6. The zero-order valence-electron chi connectivity index (χ0n) is 13.6. The molecule has 1 saturated heterocycles. The number of hydrogen-bond acceptors (Lipinski definition) is 6. The van der Waals surface area contributed by atoms with Crippen LogP contribution < -0.4 is 4.74 Å². The first-order chi connectivity index (χ1) is 11.8. The van der Waals surface area contributed by atoms with Gasteiger partial charge in [-0.2, -0.15) is 0 Å². The summed E-state index contributed by atoms with van der Waals surface area (Å²) in [6.07, 6.45) is 8.54. The van der Waals surface area contributed by atoms with Crippen LogP contribution in [0.3, 0.4) is 0 Å². The largest absolute Gasteiger partial charge is 0.436 e. The monoisotopic (exact) mass is 328 g/mol. The van der Waals surface area contributed by atoms with Crippen molar-refractivity contribution < 1.29 is 14.3 Å². The third kappa shape index (κ3) is 4.05. The number of likely N-dealkylation sites (tertiary alicyclic amines) is 1. The molecule has 1 atom stereocenters. The molecule has 1 amide bonds. The molecule has 0 bridgehead atoms. The number of carbonyl (C=O) groups excluding carboxylic acids is 1. The Balaban J connectivity index is 1.70. The van der Waals surface area contributed by atoms with Gasteiger partial charge in [-0.25, -0.2) is 4.98 Å². The molecule has 3 rings (SSSR count). The smallest absolute Gasteiger partial charge is 0.248 e. The van der Waals surface area contributed by atoms with E-state index in [1.165, 1.54) is 7.11 Å². The maximum Gasteiger partial charge on any atom is 0.248 e. The van der Waals surface area contributed by atoms with Gasteiger partial charge in [0.05, 0.1) is 18.1 Å². The quantitative estimate of drug-likeness (QED) is 0.835. The number of methoxy groups -OCH3 is 1. The number of carbonyl (C=O) groups is 1. The van der Waals surface area contributed by atoms with E-state index in [1.807, 2.05) is 11.0 Å². The molecule has 1 aliphatic heterocycles. The lowest BCUT2D eigenvalue weighted by Gasteiger charge is -2.32. The normalized spacial score (nSPS) is 17.5. The molecule has 7 nitrogen and oxygen atoms in total. The maximum absolute atomic E-state index is 12.0. The Morgan fingerprint density at radius 2 is 2.25 bits per heavy atom. The number of nitrogens with zero attached hydrogens (tertiary/aromatic N) is 4. The van der Waals surface area contributed by atoms with E-state index in [-0.39, 0.29) is 18.4 Å². The minimum absolute atomic E-state index is 0.0120. The number of pyridine rings is 1. The number of aromatic nitrogens is 3. The second kappa shape index (κ2) is 7.83. The van der Waals surface area contributed by atoms with Crippen molar-refractivity contribution in [2.45, 2.75) is 18.8 Å². The molecule has 0 N–H and O–H groups in total. The van der Waals surface area contributed by atoms with Gasteiger partial charge in [0, 0.05) is 38.5 Å². The van der Waals surface area contributed by atoms with Crippen LogP contribution in [0.25, 0.3) is 0 Å². The van der Waals surface area contributed by atoms with Crippen LogP contribution in [0.1, 0.15) is 24.5 Å². The molecular weight excluding hydrogens is 308 g/mol. The number of piperidine rings is 1. The van der Waals surface area contributed by atoms with Crippen molar-refractivity contribution in [2.75, 3.05) is 26.8 Å². The Labute approximate surface area is 140 Å². The highest BCUT2D eigenvalue weighted by atomic mass is 16.5. The fourth-order valence-electron chi connectivity index (χ4n) is 2.80. The van der Waals surface area contributed by atoms with E-state index < -0.39 is 0 Å². The van der Waals surface area contributed by atoms with Crippen LogP contribution in [-0.4, -0.2) is 52.6 Å². The Morgan fingerprint density at radius 3 is 3.04 bits per heavy atom. The molecule has 0 spiro atoms. The van der Waals surface area contributed by atoms with Crippen molar-refractivity contribution in [3.8, 4) is 11.6 Å². The van der Waals surface area contributed by atoms with E-state index >= 15 is 0 Å². The van der Waals surface area contributed by atoms with Crippen LogP contribution >= 0.6 is 0 Å². The summed E-state index contributed by atoms with van der Waals surface area (Å²) in [6, 6.07) is 3.61. The number of rotatable bonds is 5. The van der Waals surface area contributed by atoms with Crippen molar-refractivity contribution in [1.29, 1.82) is 0 Å². The maximum atomic E-state index is 12.0. The highest BCUT2D eigenvalue weighted by molar-refractivity contribution is 5.77. The Kier molecular flexibility index (Phi) is 5.32. The van der Waals surface area contributed by atoms with Crippen molar-refractivity contribution in [2.24, 2.45) is 0 Å². The molecule has 0 radical (unpaired) electrons. The summed E-state index contributed by atoms with van der Waals surface area (Å²) in [7, 11) is 1.53. The van der Waals surface area contributed by atoms with E-state index in [0.717, 1.165) is 25.1 Å². The van der Waals surface area contributed by atoms with Crippen molar-refractivity contribution in [1.82, 2.24) is 19.9 Å². The Hall–Kier alpha value is -2.54. The van der Waals surface area contributed by atoms with Crippen LogP contribution in [0.5, 0.6) is 11.6 Å². The highest BCUT2D eigenvalue weighted by Crippen LogP contribution is 2.27. The van der Waals surface area contributed by atoms with Gasteiger partial charge in [-0.3, -0.25) is 14.8 Å². The third-order valence-electron chi connectivity index (χ3n) is 3.95. The lowest BCUT2D eigenvalue weighted by atomic mass is 9.95. The molecule has 3 heterocycles. The molecular formula is C17H20N4O3. The van der Waals surface area contributed by atoms with E-state index in [1.54, 1.807) is 30.9 Å². The fourth-order valence-corrected chi connectivity index (χ4v) is 2.80. The van der Waals surface area contributed by atoms with E-state index in [2.05, 4.69) is 15.0 Å². The van der Waals surface area contributed by atoms with Crippen LogP contribution in [-0.2, 0) is 9.53 Å². The molecule has 126 valence electrons. The van der Waals surface area contributed by atoms with Crippen LogP contribution in [0, 0.1) is 0 Å². The van der Waals surface area contributed by atoms with Gasteiger partial charge in [0.2, 0.25) is 11.8 Å². The average molecular weight is 328 g/mol. The van der Waals surface area contributed by atoms with Gasteiger partial charge >= 0.3 is 0 Å². The van der Waals surface area contributed by atoms with Gasteiger partial charge in [-0.1, -0.05) is 0 Å². The van der Waals surface area contributed by atoms with E-state index in [4.69, 9.17) is 9.47 Å². The lowest BCUT2D eigenvalue weighted by Crippen LogP contribution is -2.41. The standard InChI is InChI=1S/C17H20N4O3/c1-23-12-17(22)21-7-3-4-13(11-21)15-9-19-10-16(20-15)24-14-5-2-6-18-8-14/h2,5-6,8-10,13H,3-4,7,11-12H2,1H3. The summed E-state index contributed by atoms with van der Waals surface area (Å²) >= 11 is 0. The van der Waals surface area contributed by atoms with Crippen LogP contribution in [0.15, 0.2) is 36.9 Å². The molecule has 0 saturated carbocycles. The number of hydrogen-bond donors (Lipinski definition) is 0. The molecule has 0 aromatic carbocycles. The summed E-state index contributed by atoms with van der Waals surface area (Å²) < 4.78 is 10.6. The highest BCUT2D eigenvalue weighted by Gasteiger charge is 2.26. The summed E-state index contributed by atoms with van der Waals surface area (Å²) in [6.45, 7) is 1.51. The van der Waals surface area contributed by atoms with Gasteiger partial charge in [0.15, 0.2) is 0 Å².